The third-order valence-electron chi connectivity index (χ3n) is 2.66. The van der Waals surface area contributed by atoms with Crippen molar-refractivity contribution in [3.63, 3.8) is 0 Å². The van der Waals surface area contributed by atoms with Crippen LogP contribution in [0.15, 0.2) is 36.5 Å². The second-order valence-corrected chi connectivity index (χ2v) is 4.20. The number of aromatic nitrogens is 1. The number of nitrogen functional groups attached to an aromatic ring is 1. The summed E-state index contributed by atoms with van der Waals surface area (Å²) in [5.74, 6) is 0.220. The van der Waals surface area contributed by atoms with Gasteiger partial charge >= 0.3 is 0 Å². The molecule has 2 rings (SSSR count). The molecule has 0 bridgehead atoms. The number of hydrogen-bond donors (Lipinski definition) is 3. The quantitative estimate of drug-likeness (QED) is 0.320. The highest BCUT2D eigenvalue weighted by Gasteiger charge is 2.13. The fourth-order valence-electron chi connectivity index (χ4n) is 1.61. The number of ether oxygens (including phenoxy) is 1. The van der Waals surface area contributed by atoms with E-state index in [-0.39, 0.29) is 24.5 Å². The number of nitro groups is 1. The molecule has 0 aliphatic heterocycles. The van der Waals surface area contributed by atoms with E-state index in [1.54, 1.807) is 24.3 Å². The number of rotatable bonds is 6. The summed E-state index contributed by atoms with van der Waals surface area (Å²) in [6, 6.07) is 8.06. The van der Waals surface area contributed by atoms with Gasteiger partial charge < -0.3 is 20.8 Å². The monoisotopic (exact) mass is 290 g/mol. The summed E-state index contributed by atoms with van der Waals surface area (Å²) in [5.41, 5.74) is 6.17. The van der Waals surface area contributed by atoms with Gasteiger partial charge in [0.25, 0.3) is 11.6 Å². The third-order valence-corrected chi connectivity index (χ3v) is 2.66. The van der Waals surface area contributed by atoms with Crippen LogP contribution in [-0.2, 0) is 0 Å². The number of carbonyl (C=O) groups is 1. The van der Waals surface area contributed by atoms with Gasteiger partial charge in [-0.05, 0) is 24.3 Å². The second kappa shape index (κ2) is 6.42. The zero-order valence-corrected chi connectivity index (χ0v) is 11.0. The number of nitrogens with zero attached hydrogens (tertiary/aromatic N) is 1. The Bertz CT molecular complexity index is 636. The molecular formula is C13H14N4O4. The number of benzene rings is 1. The standard InChI is InChI=1S/C13H14N4O4/c14-9-1-3-11(4-2-9)21-6-5-15-13(18)12-7-10(8-16-12)17(19)20/h1-4,7-8,16H,5-6,14H2,(H,15,18). The van der Waals surface area contributed by atoms with Gasteiger partial charge in [0.1, 0.15) is 18.1 Å². The van der Waals surface area contributed by atoms with E-state index in [1.165, 1.54) is 12.3 Å². The predicted octanol–water partition coefficient (Wildman–Crippen LogP) is 1.31. The number of aromatic amines is 1. The van der Waals surface area contributed by atoms with E-state index in [9.17, 15) is 14.9 Å². The summed E-state index contributed by atoms with van der Waals surface area (Å²) in [6.07, 6.45) is 1.17. The molecule has 4 N–H and O–H groups in total. The molecule has 0 saturated heterocycles. The van der Waals surface area contributed by atoms with Gasteiger partial charge in [-0.1, -0.05) is 0 Å². The number of hydrogen-bond acceptors (Lipinski definition) is 5. The molecule has 1 heterocycles. The molecule has 0 aliphatic rings. The van der Waals surface area contributed by atoms with Crippen LogP contribution in [0.25, 0.3) is 0 Å². The summed E-state index contributed by atoms with van der Waals surface area (Å²) in [6.45, 7) is 0.550. The Hall–Kier alpha value is -3.03. The minimum atomic E-state index is -0.572. The highest BCUT2D eigenvalue weighted by atomic mass is 16.6. The van der Waals surface area contributed by atoms with Gasteiger partial charge in [-0.15, -0.1) is 0 Å². The number of nitrogens with one attached hydrogen (secondary N) is 2. The first-order valence-corrected chi connectivity index (χ1v) is 6.15. The van der Waals surface area contributed by atoms with Gasteiger partial charge in [-0.25, -0.2) is 0 Å². The van der Waals surface area contributed by atoms with Crippen LogP contribution in [0.4, 0.5) is 11.4 Å². The topological polar surface area (TPSA) is 123 Å². The lowest BCUT2D eigenvalue weighted by Crippen LogP contribution is -2.28. The van der Waals surface area contributed by atoms with Crippen molar-refractivity contribution in [2.75, 3.05) is 18.9 Å². The predicted molar refractivity (Wildman–Crippen MR) is 76.1 cm³/mol. The molecule has 8 nitrogen and oxygen atoms in total. The van der Waals surface area contributed by atoms with Crippen molar-refractivity contribution < 1.29 is 14.5 Å². The molecular weight excluding hydrogens is 276 g/mol. The first-order chi connectivity index (χ1) is 10.1. The molecule has 0 aliphatic carbocycles. The van der Waals surface area contributed by atoms with Crippen molar-refractivity contribution >= 4 is 17.3 Å². The number of nitrogens with two attached hydrogens (primary N) is 1. The van der Waals surface area contributed by atoms with E-state index < -0.39 is 10.8 Å². The molecule has 0 radical (unpaired) electrons. The minimum Gasteiger partial charge on any atom is -0.492 e. The Morgan fingerprint density at radius 1 is 1.38 bits per heavy atom. The Morgan fingerprint density at radius 3 is 2.71 bits per heavy atom. The van der Waals surface area contributed by atoms with Gasteiger partial charge in [-0.2, -0.15) is 0 Å². The maximum atomic E-state index is 11.7. The zero-order chi connectivity index (χ0) is 15.2. The summed E-state index contributed by atoms with van der Waals surface area (Å²) in [4.78, 5) is 24.2. The van der Waals surface area contributed by atoms with Crippen molar-refractivity contribution in [3.05, 3.63) is 52.3 Å². The summed E-state index contributed by atoms with van der Waals surface area (Å²) in [5, 5.41) is 13.1. The molecule has 1 amide bonds. The lowest BCUT2D eigenvalue weighted by molar-refractivity contribution is -0.384. The van der Waals surface area contributed by atoms with E-state index in [4.69, 9.17) is 10.5 Å². The smallest absolute Gasteiger partial charge is 0.287 e. The second-order valence-electron chi connectivity index (χ2n) is 4.20. The van der Waals surface area contributed by atoms with E-state index in [0.717, 1.165) is 0 Å². The van der Waals surface area contributed by atoms with Crippen LogP contribution in [0, 0.1) is 10.1 Å². The highest BCUT2D eigenvalue weighted by Crippen LogP contribution is 2.13. The van der Waals surface area contributed by atoms with Gasteiger partial charge in [0.15, 0.2) is 0 Å². The van der Waals surface area contributed by atoms with Crippen LogP contribution in [0.2, 0.25) is 0 Å². The molecule has 110 valence electrons. The summed E-state index contributed by atoms with van der Waals surface area (Å²) in [7, 11) is 0. The van der Waals surface area contributed by atoms with E-state index in [0.29, 0.717) is 11.4 Å². The van der Waals surface area contributed by atoms with Crippen molar-refractivity contribution in [2.45, 2.75) is 0 Å². The van der Waals surface area contributed by atoms with Crippen LogP contribution in [-0.4, -0.2) is 29.0 Å². The molecule has 21 heavy (non-hydrogen) atoms. The fraction of sp³-hybridized carbons (Fsp3) is 0.154. The summed E-state index contributed by atoms with van der Waals surface area (Å²) < 4.78 is 5.40. The molecule has 0 saturated carbocycles. The average Bonchev–Trinajstić information content (AvgIpc) is 2.95. The van der Waals surface area contributed by atoms with E-state index >= 15 is 0 Å². The van der Waals surface area contributed by atoms with Gasteiger partial charge in [0, 0.05) is 11.8 Å². The zero-order valence-electron chi connectivity index (χ0n) is 11.0. The van der Waals surface area contributed by atoms with E-state index in [2.05, 4.69) is 10.3 Å². The molecule has 1 aromatic carbocycles. The minimum absolute atomic E-state index is 0.134. The van der Waals surface area contributed by atoms with Gasteiger partial charge in [-0.3, -0.25) is 14.9 Å². The van der Waals surface area contributed by atoms with Crippen LogP contribution >= 0.6 is 0 Å². The van der Waals surface area contributed by atoms with E-state index in [1.807, 2.05) is 0 Å². The average molecular weight is 290 g/mol. The lowest BCUT2D eigenvalue weighted by atomic mass is 10.3. The first kappa shape index (κ1) is 14.4. The SMILES string of the molecule is Nc1ccc(OCCNC(=O)c2cc([N+](=O)[O-])c[nH]2)cc1. The Balaban J connectivity index is 1.76. The Labute approximate surface area is 120 Å². The maximum absolute atomic E-state index is 11.7. The largest absolute Gasteiger partial charge is 0.492 e. The number of anilines is 1. The fourth-order valence-corrected chi connectivity index (χ4v) is 1.61. The highest BCUT2D eigenvalue weighted by molar-refractivity contribution is 5.93. The molecule has 0 spiro atoms. The normalized spacial score (nSPS) is 10.1. The Morgan fingerprint density at radius 2 is 2.10 bits per heavy atom. The number of amides is 1. The van der Waals surface area contributed by atoms with Crippen molar-refractivity contribution in [1.82, 2.24) is 10.3 Å². The van der Waals surface area contributed by atoms with Crippen molar-refractivity contribution in [2.24, 2.45) is 0 Å². The molecule has 2 aromatic rings. The molecule has 0 unspecified atom stereocenters. The van der Waals surface area contributed by atoms with Crippen LogP contribution in [0.3, 0.4) is 0 Å². The molecule has 0 fully saturated rings. The van der Waals surface area contributed by atoms with Gasteiger partial charge in [0.2, 0.25) is 0 Å². The number of carbonyl (C=O) groups excluding carboxylic acids is 1. The Kier molecular flexibility index (Phi) is 4.39. The first-order valence-electron chi connectivity index (χ1n) is 6.15. The molecule has 0 atom stereocenters. The van der Waals surface area contributed by atoms with Crippen molar-refractivity contribution in [3.8, 4) is 5.75 Å². The molecule has 8 heteroatoms. The van der Waals surface area contributed by atoms with Crippen molar-refractivity contribution in [1.29, 1.82) is 0 Å². The maximum Gasteiger partial charge on any atom is 0.287 e. The van der Waals surface area contributed by atoms with Crippen LogP contribution < -0.4 is 15.8 Å². The van der Waals surface area contributed by atoms with Gasteiger partial charge in [0.05, 0.1) is 17.7 Å². The third kappa shape index (κ3) is 3.96. The van der Waals surface area contributed by atoms with Crippen LogP contribution in [0.5, 0.6) is 5.75 Å². The summed E-state index contributed by atoms with van der Waals surface area (Å²) >= 11 is 0. The number of H-pyrrole nitrogens is 1. The van der Waals surface area contributed by atoms with Crippen LogP contribution in [0.1, 0.15) is 10.5 Å². The molecule has 1 aromatic heterocycles. The lowest BCUT2D eigenvalue weighted by Gasteiger charge is -2.07.